The summed E-state index contributed by atoms with van der Waals surface area (Å²) in [4.78, 5) is 9.41. The molecular weight excluding hydrogens is 377 g/mol. The number of guanidine groups is 1. The number of nitrogens with one attached hydrogen (secondary N) is 1. The Kier molecular flexibility index (Phi) is 12.4. The molecule has 21 heavy (non-hydrogen) atoms. The van der Waals surface area contributed by atoms with Crippen LogP contribution in [0, 0.1) is 0 Å². The van der Waals surface area contributed by atoms with E-state index in [1.807, 2.05) is 0 Å². The molecule has 1 atom stereocenters. The van der Waals surface area contributed by atoms with Crippen molar-refractivity contribution in [2.24, 2.45) is 10.7 Å². The number of rotatable bonds is 9. The van der Waals surface area contributed by atoms with E-state index in [0.717, 1.165) is 45.7 Å². The van der Waals surface area contributed by atoms with Gasteiger partial charge in [-0.25, -0.2) is 0 Å². The van der Waals surface area contributed by atoms with Gasteiger partial charge in [0.15, 0.2) is 5.96 Å². The van der Waals surface area contributed by atoms with Crippen molar-refractivity contribution in [1.82, 2.24) is 15.1 Å². The highest BCUT2D eigenvalue weighted by Crippen LogP contribution is 2.16. The van der Waals surface area contributed by atoms with Crippen molar-refractivity contribution in [2.45, 2.75) is 46.1 Å². The Morgan fingerprint density at radius 2 is 2.05 bits per heavy atom. The van der Waals surface area contributed by atoms with Crippen LogP contribution in [0.2, 0.25) is 0 Å². The lowest BCUT2D eigenvalue weighted by molar-refractivity contribution is 0.273. The molecule has 0 radical (unpaired) electrons. The van der Waals surface area contributed by atoms with Gasteiger partial charge in [0.2, 0.25) is 0 Å². The summed E-state index contributed by atoms with van der Waals surface area (Å²) >= 11 is 0. The second-order valence-electron chi connectivity index (χ2n) is 5.46. The first kappa shape index (κ1) is 20.9. The van der Waals surface area contributed by atoms with E-state index in [4.69, 9.17) is 5.73 Å². The van der Waals surface area contributed by atoms with Crippen molar-refractivity contribution in [2.75, 3.05) is 45.8 Å². The lowest BCUT2D eigenvalue weighted by Gasteiger charge is -2.21. The zero-order chi connectivity index (χ0) is 14.8. The Hall–Kier alpha value is -0.0800. The lowest BCUT2D eigenvalue weighted by Crippen LogP contribution is -2.37. The predicted molar refractivity (Wildman–Crippen MR) is 103 cm³/mol. The molecule has 1 rings (SSSR count). The van der Waals surface area contributed by atoms with Crippen molar-refractivity contribution < 1.29 is 0 Å². The minimum absolute atomic E-state index is 0. The number of aliphatic imine (C=N–C) groups is 1. The normalized spacial score (nSPS) is 19.8. The maximum Gasteiger partial charge on any atom is 0.188 e. The Morgan fingerprint density at radius 3 is 2.67 bits per heavy atom. The summed E-state index contributed by atoms with van der Waals surface area (Å²) in [6.45, 7) is 14.1. The van der Waals surface area contributed by atoms with Crippen LogP contribution in [0.1, 0.15) is 40.0 Å². The monoisotopic (exact) mass is 411 g/mol. The molecule has 1 aliphatic heterocycles. The standard InChI is InChI=1S/C15H33N5.HI/c1-4-19(5-2)11-8-10-17-15(16)18-13-14-9-7-12-20(14)6-3;/h14H,4-13H2,1-3H3,(H3,16,17,18);1H. The molecule has 1 aliphatic rings. The van der Waals surface area contributed by atoms with Crippen LogP contribution in [-0.2, 0) is 0 Å². The maximum atomic E-state index is 5.93. The lowest BCUT2D eigenvalue weighted by atomic mass is 10.2. The van der Waals surface area contributed by atoms with E-state index >= 15 is 0 Å². The molecule has 0 aromatic rings. The summed E-state index contributed by atoms with van der Waals surface area (Å²) in [5, 5.41) is 3.23. The minimum Gasteiger partial charge on any atom is -0.370 e. The Bertz CT molecular complexity index is 281. The third kappa shape index (κ3) is 8.21. The quantitative estimate of drug-likeness (QED) is 0.263. The van der Waals surface area contributed by atoms with Crippen LogP contribution < -0.4 is 11.1 Å². The number of hydrogen-bond acceptors (Lipinski definition) is 3. The Balaban J connectivity index is 0.00000400. The van der Waals surface area contributed by atoms with Gasteiger partial charge < -0.3 is 16.0 Å². The molecule has 1 fully saturated rings. The van der Waals surface area contributed by atoms with Gasteiger partial charge in [0, 0.05) is 12.6 Å². The zero-order valence-electron chi connectivity index (χ0n) is 14.0. The molecule has 0 aliphatic carbocycles. The third-order valence-electron chi connectivity index (χ3n) is 4.23. The molecule has 0 bridgehead atoms. The molecular formula is C15H34IN5. The van der Waals surface area contributed by atoms with Crippen LogP contribution >= 0.6 is 24.0 Å². The van der Waals surface area contributed by atoms with Crippen LogP contribution in [0.5, 0.6) is 0 Å². The molecule has 1 heterocycles. The van der Waals surface area contributed by atoms with Gasteiger partial charge in [-0.1, -0.05) is 20.8 Å². The number of likely N-dealkylation sites (tertiary alicyclic amines) is 1. The summed E-state index contributed by atoms with van der Waals surface area (Å²) in [5.41, 5.74) is 5.93. The molecule has 6 heteroatoms. The smallest absolute Gasteiger partial charge is 0.188 e. The first-order valence-electron chi connectivity index (χ1n) is 8.21. The molecule has 0 spiro atoms. The molecule has 3 N–H and O–H groups in total. The van der Waals surface area contributed by atoms with Crippen LogP contribution in [0.15, 0.2) is 4.99 Å². The van der Waals surface area contributed by atoms with Crippen LogP contribution in [-0.4, -0.2) is 67.6 Å². The van der Waals surface area contributed by atoms with Gasteiger partial charge in [0.25, 0.3) is 0 Å². The van der Waals surface area contributed by atoms with Crippen molar-refractivity contribution in [3.63, 3.8) is 0 Å². The first-order valence-corrected chi connectivity index (χ1v) is 8.21. The van der Waals surface area contributed by atoms with E-state index in [1.54, 1.807) is 0 Å². The average molecular weight is 411 g/mol. The largest absolute Gasteiger partial charge is 0.370 e. The molecule has 126 valence electrons. The third-order valence-corrected chi connectivity index (χ3v) is 4.23. The van der Waals surface area contributed by atoms with E-state index in [0.29, 0.717) is 12.0 Å². The van der Waals surface area contributed by atoms with E-state index in [-0.39, 0.29) is 24.0 Å². The summed E-state index contributed by atoms with van der Waals surface area (Å²) < 4.78 is 0. The molecule has 1 unspecified atom stereocenters. The zero-order valence-corrected chi connectivity index (χ0v) is 16.3. The topological polar surface area (TPSA) is 56.9 Å². The fourth-order valence-electron chi connectivity index (χ4n) is 2.84. The Morgan fingerprint density at radius 1 is 1.33 bits per heavy atom. The number of halogens is 1. The summed E-state index contributed by atoms with van der Waals surface area (Å²) in [5.74, 6) is 0.604. The van der Waals surface area contributed by atoms with Gasteiger partial charge in [-0.05, 0) is 52.0 Å². The molecule has 0 amide bonds. The summed E-state index contributed by atoms with van der Waals surface area (Å²) in [6, 6.07) is 0.594. The first-order chi connectivity index (χ1) is 9.71. The second-order valence-corrected chi connectivity index (χ2v) is 5.46. The van der Waals surface area contributed by atoms with E-state index in [9.17, 15) is 0 Å². The van der Waals surface area contributed by atoms with Gasteiger partial charge in [0.05, 0.1) is 6.54 Å². The van der Waals surface area contributed by atoms with Gasteiger partial charge in [-0.2, -0.15) is 0 Å². The number of likely N-dealkylation sites (N-methyl/N-ethyl adjacent to an activating group) is 1. The van der Waals surface area contributed by atoms with Crippen molar-refractivity contribution >= 4 is 29.9 Å². The van der Waals surface area contributed by atoms with E-state index in [1.165, 1.54) is 19.4 Å². The van der Waals surface area contributed by atoms with Crippen LogP contribution in [0.4, 0.5) is 0 Å². The highest BCUT2D eigenvalue weighted by molar-refractivity contribution is 14.0. The maximum absolute atomic E-state index is 5.93. The SMILES string of the molecule is CCN(CC)CCCNC(N)=NCC1CCCN1CC.I. The summed E-state index contributed by atoms with van der Waals surface area (Å²) in [7, 11) is 0. The van der Waals surface area contributed by atoms with Gasteiger partial charge in [0.1, 0.15) is 0 Å². The van der Waals surface area contributed by atoms with E-state index in [2.05, 4.69) is 40.9 Å². The Labute approximate surface area is 147 Å². The van der Waals surface area contributed by atoms with Crippen molar-refractivity contribution in [3.8, 4) is 0 Å². The molecule has 1 saturated heterocycles. The van der Waals surface area contributed by atoms with Gasteiger partial charge in [-0.15, -0.1) is 24.0 Å². The highest BCUT2D eigenvalue weighted by Gasteiger charge is 2.22. The molecule has 0 saturated carbocycles. The fourth-order valence-corrected chi connectivity index (χ4v) is 2.84. The number of nitrogens with zero attached hydrogens (tertiary/aromatic N) is 3. The van der Waals surface area contributed by atoms with E-state index < -0.39 is 0 Å². The average Bonchev–Trinajstić information content (AvgIpc) is 2.92. The van der Waals surface area contributed by atoms with Crippen LogP contribution in [0.25, 0.3) is 0 Å². The molecule has 5 nitrogen and oxygen atoms in total. The summed E-state index contributed by atoms with van der Waals surface area (Å²) in [6.07, 6.45) is 3.67. The van der Waals surface area contributed by atoms with Crippen LogP contribution in [0.3, 0.4) is 0 Å². The van der Waals surface area contributed by atoms with Crippen molar-refractivity contribution in [3.05, 3.63) is 0 Å². The molecule has 0 aromatic heterocycles. The molecule has 0 aromatic carbocycles. The fraction of sp³-hybridized carbons (Fsp3) is 0.933. The van der Waals surface area contributed by atoms with Gasteiger partial charge in [-0.3, -0.25) is 9.89 Å². The number of hydrogen-bond donors (Lipinski definition) is 2. The second kappa shape index (κ2) is 12.5. The number of nitrogens with two attached hydrogens (primary N) is 1. The predicted octanol–water partition coefficient (Wildman–Crippen LogP) is 1.72. The highest BCUT2D eigenvalue weighted by atomic mass is 127. The minimum atomic E-state index is 0. The van der Waals surface area contributed by atoms with Crippen molar-refractivity contribution in [1.29, 1.82) is 0 Å². The van der Waals surface area contributed by atoms with Gasteiger partial charge >= 0.3 is 0 Å².